The van der Waals surface area contributed by atoms with Crippen LogP contribution in [-0.4, -0.2) is 50.8 Å². The van der Waals surface area contributed by atoms with E-state index in [0.29, 0.717) is 26.3 Å². The molecule has 0 unspecified atom stereocenters. The van der Waals surface area contributed by atoms with Gasteiger partial charge >= 0.3 is 12.5 Å². The molecule has 0 atom stereocenters. The van der Waals surface area contributed by atoms with Crippen molar-refractivity contribution in [3.63, 3.8) is 0 Å². The molecule has 4 rings (SSSR count). The molecule has 0 bridgehead atoms. The summed E-state index contributed by atoms with van der Waals surface area (Å²) in [6.07, 6.45) is -9.50. The van der Waals surface area contributed by atoms with Gasteiger partial charge in [-0.05, 0) is 29.8 Å². The summed E-state index contributed by atoms with van der Waals surface area (Å²) in [7, 11) is 0. The summed E-state index contributed by atoms with van der Waals surface area (Å²) in [4.78, 5) is 9.93. The van der Waals surface area contributed by atoms with Gasteiger partial charge in [-0.1, -0.05) is 18.2 Å². The number of halogens is 6. The smallest absolute Gasteiger partial charge is 0.405 e. The highest BCUT2D eigenvalue weighted by molar-refractivity contribution is 6.18. The second kappa shape index (κ2) is 8.45. The first kappa shape index (κ1) is 22.1. The van der Waals surface area contributed by atoms with E-state index < -0.39 is 23.9 Å². The first-order valence-electron chi connectivity index (χ1n) is 9.63. The number of benzene rings is 2. The zero-order valence-electron chi connectivity index (χ0n) is 16.5. The minimum atomic E-state index is -4.90. The van der Waals surface area contributed by atoms with Crippen LogP contribution in [0.2, 0.25) is 0 Å². The molecule has 2 aliphatic rings. The molecule has 2 heterocycles. The quantitative estimate of drug-likeness (QED) is 0.626. The molecule has 1 saturated heterocycles. The molecule has 0 N–H and O–H groups in total. The molecule has 5 nitrogen and oxygen atoms in total. The van der Waals surface area contributed by atoms with E-state index in [1.54, 1.807) is 4.90 Å². The summed E-state index contributed by atoms with van der Waals surface area (Å²) >= 11 is 0. The van der Waals surface area contributed by atoms with Gasteiger partial charge in [-0.15, -0.1) is 13.2 Å². The largest absolute Gasteiger partial charge is 0.573 e. The molecule has 2 aromatic rings. The first-order valence-corrected chi connectivity index (χ1v) is 9.63. The molecule has 2 aliphatic heterocycles. The summed E-state index contributed by atoms with van der Waals surface area (Å²) in [5.41, 5.74) is -0.342. The molecule has 2 aromatic carbocycles. The summed E-state index contributed by atoms with van der Waals surface area (Å²) < 4.78 is 88.6. The summed E-state index contributed by atoms with van der Waals surface area (Å²) in [5.74, 6) is -0.520. The summed E-state index contributed by atoms with van der Waals surface area (Å²) in [6.45, 7) is 1.29. The van der Waals surface area contributed by atoms with Gasteiger partial charge in [0.2, 0.25) is 0 Å². The number of nitrogens with zero attached hydrogens (tertiary/aromatic N) is 3. The van der Waals surface area contributed by atoms with E-state index in [4.69, 9.17) is 4.74 Å². The van der Waals surface area contributed by atoms with Crippen molar-refractivity contribution in [2.75, 3.05) is 37.7 Å². The molecular weight excluding hydrogens is 440 g/mol. The minimum absolute atomic E-state index is 0.000747. The summed E-state index contributed by atoms with van der Waals surface area (Å²) in [6, 6.07) is 9.23. The van der Waals surface area contributed by atoms with Crippen LogP contribution < -0.4 is 9.64 Å². The van der Waals surface area contributed by atoms with Crippen molar-refractivity contribution >= 4 is 17.2 Å². The number of morpholine rings is 1. The molecule has 0 amide bonds. The van der Waals surface area contributed by atoms with E-state index in [-0.39, 0.29) is 34.9 Å². The highest BCUT2D eigenvalue weighted by Crippen LogP contribution is 2.38. The fourth-order valence-corrected chi connectivity index (χ4v) is 3.54. The van der Waals surface area contributed by atoms with Crippen molar-refractivity contribution < 1.29 is 35.8 Å². The van der Waals surface area contributed by atoms with Crippen LogP contribution in [0.4, 0.5) is 32.0 Å². The van der Waals surface area contributed by atoms with E-state index in [0.717, 1.165) is 12.1 Å². The Morgan fingerprint density at radius 2 is 1.66 bits per heavy atom. The number of hydrogen-bond acceptors (Lipinski definition) is 5. The number of anilines is 1. The predicted octanol–water partition coefficient (Wildman–Crippen LogP) is 4.69. The van der Waals surface area contributed by atoms with Crippen molar-refractivity contribution in [3.8, 4) is 5.75 Å². The number of amidine groups is 1. The molecule has 32 heavy (non-hydrogen) atoms. The Balaban J connectivity index is 1.65. The Morgan fingerprint density at radius 3 is 2.34 bits per heavy atom. The Kier molecular flexibility index (Phi) is 5.85. The van der Waals surface area contributed by atoms with Gasteiger partial charge in [0.25, 0.3) is 0 Å². The Morgan fingerprint density at radius 1 is 0.938 bits per heavy atom. The molecule has 11 heteroatoms. The number of rotatable bonds is 4. The predicted molar refractivity (Wildman–Crippen MR) is 106 cm³/mol. The van der Waals surface area contributed by atoms with E-state index in [1.165, 1.54) is 30.3 Å². The fraction of sp³-hybridized carbons (Fsp3) is 0.333. The lowest BCUT2D eigenvalue weighted by Crippen LogP contribution is -2.37. The minimum Gasteiger partial charge on any atom is -0.405 e. The van der Waals surface area contributed by atoms with Crippen molar-refractivity contribution in [2.45, 2.75) is 12.5 Å². The van der Waals surface area contributed by atoms with Crippen LogP contribution in [0.3, 0.4) is 0 Å². The van der Waals surface area contributed by atoms with Crippen molar-refractivity contribution in [1.29, 1.82) is 0 Å². The van der Waals surface area contributed by atoms with Crippen LogP contribution in [-0.2, 0) is 10.9 Å². The van der Waals surface area contributed by atoms with Crippen LogP contribution in [0.1, 0.15) is 16.7 Å². The zero-order chi connectivity index (χ0) is 22.9. The van der Waals surface area contributed by atoms with Gasteiger partial charge in [0.15, 0.2) is 5.84 Å². The van der Waals surface area contributed by atoms with Crippen molar-refractivity contribution in [2.24, 2.45) is 9.98 Å². The first-order chi connectivity index (χ1) is 15.1. The maximum Gasteiger partial charge on any atom is 0.573 e. The van der Waals surface area contributed by atoms with Gasteiger partial charge in [0.1, 0.15) is 5.75 Å². The van der Waals surface area contributed by atoms with E-state index >= 15 is 0 Å². The Bertz CT molecular complexity index is 1060. The van der Waals surface area contributed by atoms with E-state index in [2.05, 4.69) is 14.7 Å². The third kappa shape index (κ3) is 4.87. The second-order valence-corrected chi connectivity index (χ2v) is 7.07. The molecule has 170 valence electrons. The topological polar surface area (TPSA) is 46.4 Å². The lowest BCUT2D eigenvalue weighted by Gasteiger charge is -2.31. The average molecular weight is 457 g/mol. The number of para-hydroxylation sites is 1. The monoisotopic (exact) mass is 457 g/mol. The van der Waals surface area contributed by atoms with Crippen molar-refractivity contribution in [1.82, 2.24) is 0 Å². The van der Waals surface area contributed by atoms with Gasteiger partial charge in [-0.2, -0.15) is 13.2 Å². The number of aliphatic imine (C=N–C) groups is 2. The van der Waals surface area contributed by atoms with E-state index in [1.807, 2.05) is 0 Å². The van der Waals surface area contributed by atoms with Crippen LogP contribution in [0.25, 0.3) is 0 Å². The van der Waals surface area contributed by atoms with Crippen LogP contribution in [0, 0.1) is 0 Å². The lowest BCUT2D eigenvalue weighted by atomic mass is 10.0. The molecule has 0 spiro atoms. The standard InChI is InChI=1S/C21H17F6N3O2/c22-20(23,24)15-11-13(5-6-17(15)30-7-9-31-10-8-30)16-12-28-19(29-16)14-3-1-2-4-18(14)32-21(25,26)27/h1-6,11H,7-10,12H2. The maximum absolute atomic E-state index is 13.8. The maximum atomic E-state index is 13.8. The average Bonchev–Trinajstić information content (AvgIpc) is 3.23. The zero-order valence-corrected chi connectivity index (χ0v) is 16.5. The fourth-order valence-electron chi connectivity index (χ4n) is 3.54. The van der Waals surface area contributed by atoms with Gasteiger partial charge in [0, 0.05) is 18.8 Å². The SMILES string of the molecule is FC(F)(F)Oc1ccccc1C1=NCC(c2ccc(N3CCOCC3)c(C(F)(F)F)c2)=N1. The molecule has 0 radical (unpaired) electrons. The molecule has 1 fully saturated rings. The van der Waals surface area contributed by atoms with Gasteiger partial charge in [0.05, 0.1) is 36.6 Å². The number of hydrogen-bond donors (Lipinski definition) is 0. The second-order valence-electron chi connectivity index (χ2n) is 7.07. The number of alkyl halides is 6. The van der Waals surface area contributed by atoms with E-state index in [9.17, 15) is 26.3 Å². The Hall–Kier alpha value is -3.08. The number of ether oxygens (including phenoxy) is 2. The van der Waals surface area contributed by atoms with Crippen LogP contribution >= 0.6 is 0 Å². The van der Waals surface area contributed by atoms with Gasteiger partial charge in [-0.3, -0.25) is 4.99 Å². The molecule has 0 saturated carbocycles. The molecule has 0 aromatic heterocycles. The lowest BCUT2D eigenvalue weighted by molar-refractivity contribution is -0.274. The molecule has 0 aliphatic carbocycles. The summed E-state index contributed by atoms with van der Waals surface area (Å²) in [5, 5.41) is 0. The third-order valence-electron chi connectivity index (χ3n) is 4.96. The highest BCUT2D eigenvalue weighted by Gasteiger charge is 2.36. The van der Waals surface area contributed by atoms with Crippen LogP contribution in [0.15, 0.2) is 52.4 Å². The van der Waals surface area contributed by atoms with Gasteiger partial charge in [-0.25, -0.2) is 4.99 Å². The molecular formula is C21H17F6N3O2. The Labute approximate surface area is 179 Å². The van der Waals surface area contributed by atoms with Crippen molar-refractivity contribution in [3.05, 3.63) is 59.2 Å². The van der Waals surface area contributed by atoms with Crippen LogP contribution in [0.5, 0.6) is 5.75 Å². The van der Waals surface area contributed by atoms with Gasteiger partial charge < -0.3 is 14.4 Å². The normalized spacial score (nSPS) is 17.2. The third-order valence-corrected chi connectivity index (χ3v) is 4.96. The highest BCUT2D eigenvalue weighted by atomic mass is 19.4.